The Balaban J connectivity index is 0. The predicted octanol–water partition coefficient (Wildman–Crippen LogP) is 4.83. The molecule has 0 saturated heterocycles. The third-order valence-electron chi connectivity index (χ3n) is 2.52. The second kappa shape index (κ2) is 8.10. The zero-order valence-corrected chi connectivity index (χ0v) is 10.1. The molecule has 0 bridgehead atoms. The summed E-state index contributed by atoms with van der Waals surface area (Å²) in [6.07, 6.45) is 6.18. The van der Waals surface area contributed by atoms with Gasteiger partial charge in [0, 0.05) is 0 Å². The van der Waals surface area contributed by atoms with Crippen LogP contribution in [0.5, 0.6) is 0 Å². The summed E-state index contributed by atoms with van der Waals surface area (Å²) in [6, 6.07) is 0. The molecule has 0 aromatic carbocycles. The molecule has 0 aliphatic rings. The van der Waals surface area contributed by atoms with Crippen LogP contribution < -0.4 is 0 Å². The van der Waals surface area contributed by atoms with Crippen molar-refractivity contribution in [1.82, 2.24) is 0 Å². The van der Waals surface area contributed by atoms with E-state index in [9.17, 15) is 0 Å². The molecule has 0 aliphatic carbocycles. The van der Waals surface area contributed by atoms with Crippen molar-refractivity contribution in [3.63, 3.8) is 0 Å². The van der Waals surface area contributed by atoms with Crippen LogP contribution in [0.3, 0.4) is 0 Å². The number of rotatable bonds is 5. The van der Waals surface area contributed by atoms with Gasteiger partial charge in [0.2, 0.25) is 0 Å². The summed E-state index contributed by atoms with van der Waals surface area (Å²) in [5, 5.41) is 0. The van der Waals surface area contributed by atoms with Crippen molar-refractivity contribution >= 4 is 0 Å². The van der Waals surface area contributed by atoms with Gasteiger partial charge in [-0.3, -0.25) is 0 Å². The van der Waals surface area contributed by atoms with Gasteiger partial charge in [-0.2, -0.15) is 0 Å². The third kappa shape index (κ3) is 6.62. The molecule has 0 aromatic heterocycles. The van der Waals surface area contributed by atoms with E-state index >= 15 is 0 Å². The molecule has 0 N–H and O–H groups in total. The molecule has 0 fully saturated rings. The van der Waals surface area contributed by atoms with Gasteiger partial charge in [-0.1, -0.05) is 46.8 Å². The lowest BCUT2D eigenvalue weighted by molar-refractivity contribution is 0.236. The van der Waals surface area contributed by atoms with E-state index < -0.39 is 0 Å². The molecule has 0 spiro atoms. The van der Waals surface area contributed by atoms with E-state index in [-0.39, 0.29) is 0 Å². The largest absolute Gasteiger partial charge is 0.103 e. The van der Waals surface area contributed by atoms with Crippen LogP contribution in [0.4, 0.5) is 0 Å². The molecule has 0 amide bonds. The van der Waals surface area contributed by atoms with Gasteiger partial charge >= 0.3 is 0 Å². The normalized spacial score (nSPS) is 12.4. The summed E-state index contributed by atoms with van der Waals surface area (Å²) >= 11 is 0. The van der Waals surface area contributed by atoms with Crippen LogP contribution >= 0.6 is 0 Å². The second-order valence-corrected chi connectivity index (χ2v) is 3.91. The third-order valence-corrected chi connectivity index (χ3v) is 2.52. The number of hydrogen-bond acceptors (Lipinski definition) is 0. The number of allylic oxidation sites excluding steroid dienone is 2. The van der Waals surface area contributed by atoms with Crippen LogP contribution in [0.25, 0.3) is 0 Å². The van der Waals surface area contributed by atoms with Crippen LogP contribution in [-0.4, -0.2) is 0 Å². The van der Waals surface area contributed by atoms with E-state index in [0.29, 0.717) is 11.3 Å². The minimum Gasteiger partial charge on any atom is -0.103 e. The highest BCUT2D eigenvalue weighted by Crippen LogP contribution is 2.32. The Bertz CT molecular complexity index is 131. The maximum atomic E-state index is 3.76. The Morgan fingerprint density at radius 1 is 1.15 bits per heavy atom. The fourth-order valence-electron chi connectivity index (χ4n) is 1.14. The Kier molecular flexibility index (Phi) is 9.33. The lowest BCUT2D eigenvalue weighted by atomic mass is 9.76. The van der Waals surface area contributed by atoms with Crippen molar-refractivity contribution in [3.8, 4) is 0 Å². The van der Waals surface area contributed by atoms with Crippen LogP contribution in [0, 0.1) is 11.3 Å². The van der Waals surface area contributed by atoms with Gasteiger partial charge in [0.15, 0.2) is 0 Å². The van der Waals surface area contributed by atoms with Gasteiger partial charge in [0.05, 0.1) is 0 Å². The minimum atomic E-state index is 0.371. The molecular weight excluding hydrogens is 156 g/mol. The Morgan fingerprint density at radius 2 is 1.62 bits per heavy atom. The highest BCUT2D eigenvalue weighted by atomic mass is 14.3. The zero-order valence-electron chi connectivity index (χ0n) is 10.1. The van der Waals surface area contributed by atoms with Crippen molar-refractivity contribution in [2.45, 2.75) is 47.5 Å². The predicted molar refractivity (Wildman–Crippen MR) is 63.9 cm³/mol. The Morgan fingerprint density at radius 3 is 1.92 bits per heavy atom. The van der Waals surface area contributed by atoms with E-state index in [1.165, 1.54) is 0 Å². The first-order valence-corrected chi connectivity index (χ1v) is 5.26. The average Bonchev–Trinajstić information content (AvgIpc) is 2.08. The summed E-state index contributed by atoms with van der Waals surface area (Å²) in [5.74, 6) is 0.693. The summed E-state index contributed by atoms with van der Waals surface area (Å²) in [7, 11) is 0. The van der Waals surface area contributed by atoms with E-state index in [2.05, 4.69) is 33.9 Å². The van der Waals surface area contributed by atoms with Gasteiger partial charge in [-0.25, -0.2) is 0 Å². The van der Waals surface area contributed by atoms with E-state index in [1.54, 1.807) is 0 Å². The maximum absolute atomic E-state index is 3.76. The molecule has 0 nitrogen and oxygen atoms in total. The summed E-state index contributed by atoms with van der Waals surface area (Å²) < 4.78 is 0. The van der Waals surface area contributed by atoms with Gasteiger partial charge < -0.3 is 0 Å². The van der Waals surface area contributed by atoms with E-state index in [1.807, 2.05) is 26.0 Å². The van der Waals surface area contributed by atoms with Crippen molar-refractivity contribution in [2.75, 3.05) is 0 Å². The van der Waals surface area contributed by atoms with Crippen molar-refractivity contribution in [3.05, 3.63) is 25.3 Å². The Hall–Kier alpha value is -0.520. The average molecular weight is 182 g/mol. The maximum Gasteiger partial charge on any atom is -0.0291 e. The molecule has 78 valence electrons. The van der Waals surface area contributed by atoms with Crippen molar-refractivity contribution < 1.29 is 0 Å². The van der Waals surface area contributed by atoms with Crippen LogP contribution in [0.1, 0.15) is 47.5 Å². The van der Waals surface area contributed by atoms with Gasteiger partial charge in [0.25, 0.3) is 0 Å². The summed E-state index contributed by atoms with van der Waals surface area (Å²) in [6.45, 7) is 18.3. The first kappa shape index (κ1) is 15.0. The summed E-state index contributed by atoms with van der Waals surface area (Å²) in [4.78, 5) is 0. The molecule has 1 atom stereocenters. The first-order chi connectivity index (χ1) is 6.04. The summed E-state index contributed by atoms with van der Waals surface area (Å²) in [5.41, 5.74) is 0.371. The first-order valence-electron chi connectivity index (χ1n) is 5.26. The van der Waals surface area contributed by atoms with E-state index in [0.717, 1.165) is 12.8 Å². The Labute approximate surface area is 84.7 Å². The smallest absolute Gasteiger partial charge is 0.0291 e. The van der Waals surface area contributed by atoms with Crippen LogP contribution in [-0.2, 0) is 0 Å². The number of hydrogen-bond donors (Lipinski definition) is 0. The van der Waals surface area contributed by atoms with Crippen LogP contribution in [0.15, 0.2) is 25.3 Å². The van der Waals surface area contributed by atoms with Crippen molar-refractivity contribution in [2.24, 2.45) is 11.3 Å². The van der Waals surface area contributed by atoms with Gasteiger partial charge in [0.1, 0.15) is 0 Å². The topological polar surface area (TPSA) is 0 Å². The highest BCUT2D eigenvalue weighted by Gasteiger charge is 2.22. The van der Waals surface area contributed by atoms with Crippen molar-refractivity contribution in [1.29, 1.82) is 0 Å². The second-order valence-electron chi connectivity index (χ2n) is 3.91. The molecule has 0 heteroatoms. The molecule has 0 saturated carbocycles. The lowest BCUT2D eigenvalue weighted by Crippen LogP contribution is -2.20. The SMILES string of the molecule is C=CCC(C)C(C)(C)CC=C.CC. The lowest BCUT2D eigenvalue weighted by Gasteiger charge is -2.29. The quantitative estimate of drug-likeness (QED) is 0.534. The molecule has 0 rings (SSSR count). The fourth-order valence-corrected chi connectivity index (χ4v) is 1.14. The monoisotopic (exact) mass is 182 g/mol. The molecule has 0 heterocycles. The van der Waals surface area contributed by atoms with E-state index in [4.69, 9.17) is 0 Å². The molecule has 0 radical (unpaired) electrons. The molecule has 1 unspecified atom stereocenters. The molecular formula is C13H26. The standard InChI is InChI=1S/C11H20.C2H6/c1-6-8-10(3)11(4,5)9-7-2;1-2/h6-7,10H,1-2,8-9H2,3-5H3;1-2H3. The minimum absolute atomic E-state index is 0.371. The molecule has 13 heavy (non-hydrogen) atoms. The van der Waals surface area contributed by atoms with Gasteiger partial charge in [-0.15, -0.1) is 13.2 Å². The highest BCUT2D eigenvalue weighted by molar-refractivity contribution is 4.86. The fraction of sp³-hybridized carbons (Fsp3) is 0.692. The van der Waals surface area contributed by atoms with Gasteiger partial charge in [-0.05, 0) is 24.2 Å². The van der Waals surface area contributed by atoms with Crippen LogP contribution in [0.2, 0.25) is 0 Å². The molecule has 0 aromatic rings. The molecule has 0 aliphatic heterocycles. The zero-order chi connectivity index (χ0) is 10.9.